The Kier molecular flexibility index (Phi) is 4.27. The number of nitrogens with one attached hydrogen (secondary N) is 1. The molecule has 1 aromatic rings. The third-order valence-corrected chi connectivity index (χ3v) is 4.22. The fourth-order valence-corrected chi connectivity index (χ4v) is 2.98. The van der Waals surface area contributed by atoms with Crippen LogP contribution >= 0.6 is 15.9 Å². The third kappa shape index (κ3) is 3.05. The molecule has 0 spiro atoms. The molecule has 1 aromatic carbocycles. The highest BCUT2D eigenvalue weighted by Gasteiger charge is 2.23. The maximum absolute atomic E-state index is 12.1. The van der Waals surface area contributed by atoms with Crippen LogP contribution < -0.4 is 11.1 Å². The Labute approximate surface area is 116 Å². The van der Waals surface area contributed by atoms with Crippen LogP contribution in [0.4, 0.5) is 5.69 Å². The maximum atomic E-state index is 12.1. The molecule has 0 aromatic heterocycles. The van der Waals surface area contributed by atoms with Crippen LogP contribution in [0.1, 0.15) is 43.0 Å². The second-order valence-electron chi connectivity index (χ2n) is 5.04. The van der Waals surface area contributed by atoms with Gasteiger partial charge in [0.15, 0.2) is 0 Å². The first-order valence-electron chi connectivity index (χ1n) is 6.44. The number of nitrogen functional groups attached to an aromatic ring is 1. The normalized spacial score (nSPS) is 17.7. The molecule has 0 heterocycles. The molecule has 1 saturated carbocycles. The van der Waals surface area contributed by atoms with E-state index in [1.807, 2.05) is 6.07 Å². The second kappa shape index (κ2) is 5.74. The lowest BCUT2D eigenvalue weighted by molar-refractivity contribution is 0.0928. The van der Waals surface area contributed by atoms with Crippen molar-refractivity contribution in [2.45, 2.75) is 38.6 Å². The van der Waals surface area contributed by atoms with E-state index in [9.17, 15) is 4.79 Å². The Bertz CT molecular complexity index is 441. The number of carbonyl (C=O) groups is 1. The number of hydrogen-bond donors (Lipinski definition) is 2. The van der Waals surface area contributed by atoms with Crippen LogP contribution in [0.3, 0.4) is 0 Å². The van der Waals surface area contributed by atoms with E-state index in [4.69, 9.17) is 5.73 Å². The van der Waals surface area contributed by atoms with Crippen molar-refractivity contribution < 1.29 is 4.79 Å². The molecule has 0 aliphatic heterocycles. The van der Waals surface area contributed by atoms with E-state index in [2.05, 4.69) is 28.2 Å². The van der Waals surface area contributed by atoms with Crippen molar-refractivity contribution in [3.05, 3.63) is 28.2 Å². The highest BCUT2D eigenvalue weighted by molar-refractivity contribution is 9.10. The highest BCUT2D eigenvalue weighted by atomic mass is 79.9. The second-order valence-corrected chi connectivity index (χ2v) is 5.95. The number of amides is 1. The summed E-state index contributed by atoms with van der Waals surface area (Å²) in [6, 6.07) is 5.58. The summed E-state index contributed by atoms with van der Waals surface area (Å²) in [6.07, 6.45) is 5.01. The Morgan fingerprint density at radius 1 is 1.44 bits per heavy atom. The van der Waals surface area contributed by atoms with E-state index in [1.165, 1.54) is 25.7 Å². The first-order valence-corrected chi connectivity index (χ1v) is 7.23. The lowest BCUT2D eigenvalue weighted by Gasteiger charge is -2.20. The summed E-state index contributed by atoms with van der Waals surface area (Å²) in [7, 11) is 0. The molecule has 1 amide bonds. The first kappa shape index (κ1) is 13.4. The molecule has 0 bridgehead atoms. The first-order chi connectivity index (χ1) is 8.58. The van der Waals surface area contributed by atoms with Crippen LogP contribution in [0.25, 0.3) is 0 Å². The zero-order chi connectivity index (χ0) is 13.1. The molecule has 98 valence electrons. The van der Waals surface area contributed by atoms with E-state index >= 15 is 0 Å². The Morgan fingerprint density at radius 2 is 2.11 bits per heavy atom. The number of benzene rings is 1. The lowest BCUT2D eigenvalue weighted by atomic mass is 9.99. The molecule has 1 fully saturated rings. The average molecular weight is 311 g/mol. The smallest absolute Gasteiger partial charge is 0.253 e. The van der Waals surface area contributed by atoms with Crippen LogP contribution in [0.5, 0.6) is 0 Å². The monoisotopic (exact) mass is 310 g/mol. The van der Waals surface area contributed by atoms with Gasteiger partial charge in [0.1, 0.15) is 0 Å². The van der Waals surface area contributed by atoms with Crippen LogP contribution in [-0.4, -0.2) is 11.9 Å². The largest absolute Gasteiger partial charge is 0.398 e. The van der Waals surface area contributed by atoms with Gasteiger partial charge in [0.05, 0.1) is 5.56 Å². The van der Waals surface area contributed by atoms with Gasteiger partial charge in [-0.3, -0.25) is 4.79 Å². The van der Waals surface area contributed by atoms with E-state index < -0.39 is 0 Å². The Hall–Kier alpha value is -1.03. The molecule has 0 radical (unpaired) electrons. The fraction of sp³-hybridized carbons (Fsp3) is 0.500. The zero-order valence-electron chi connectivity index (χ0n) is 10.6. The zero-order valence-corrected chi connectivity index (χ0v) is 12.2. The number of hydrogen-bond acceptors (Lipinski definition) is 2. The minimum atomic E-state index is -0.0700. The van der Waals surface area contributed by atoms with E-state index in [0.29, 0.717) is 17.2 Å². The number of nitrogens with two attached hydrogens (primary N) is 1. The van der Waals surface area contributed by atoms with Gasteiger partial charge in [-0.05, 0) is 43.9 Å². The molecule has 3 nitrogen and oxygen atoms in total. The Balaban J connectivity index is 2.02. The van der Waals surface area contributed by atoms with Gasteiger partial charge in [-0.1, -0.05) is 28.8 Å². The summed E-state index contributed by atoms with van der Waals surface area (Å²) < 4.78 is 0.889. The minimum absolute atomic E-state index is 0.0700. The average Bonchev–Trinajstić information content (AvgIpc) is 2.81. The molecule has 0 unspecified atom stereocenters. The van der Waals surface area contributed by atoms with Gasteiger partial charge in [-0.25, -0.2) is 0 Å². The van der Waals surface area contributed by atoms with Gasteiger partial charge in [0.25, 0.3) is 5.91 Å². The standard InChI is InChI=1S/C14H19BrN2O/c1-9(10-4-2-3-5-10)17-14(18)12-7-6-11(15)8-13(12)16/h6-10H,2-5,16H2,1H3,(H,17,18)/t9-/m1/s1. The summed E-state index contributed by atoms with van der Waals surface area (Å²) in [6.45, 7) is 2.09. The maximum Gasteiger partial charge on any atom is 0.253 e. The fourth-order valence-electron chi connectivity index (χ4n) is 2.60. The highest BCUT2D eigenvalue weighted by Crippen LogP contribution is 2.28. The summed E-state index contributed by atoms with van der Waals surface area (Å²) in [5, 5.41) is 3.06. The van der Waals surface area contributed by atoms with Crippen molar-refractivity contribution in [1.82, 2.24) is 5.32 Å². The molecule has 1 aliphatic carbocycles. The lowest BCUT2D eigenvalue weighted by Crippen LogP contribution is -2.37. The van der Waals surface area contributed by atoms with Crippen LogP contribution in [-0.2, 0) is 0 Å². The van der Waals surface area contributed by atoms with E-state index in [-0.39, 0.29) is 11.9 Å². The summed E-state index contributed by atoms with van der Waals surface area (Å²) in [4.78, 5) is 12.1. The molecular weight excluding hydrogens is 292 g/mol. The third-order valence-electron chi connectivity index (χ3n) is 3.72. The van der Waals surface area contributed by atoms with Gasteiger partial charge in [0.2, 0.25) is 0 Å². The summed E-state index contributed by atoms with van der Waals surface area (Å²) in [5.74, 6) is 0.546. The van der Waals surface area contributed by atoms with Crippen LogP contribution in [0, 0.1) is 5.92 Å². The number of carbonyl (C=O) groups excluding carboxylic acids is 1. The van der Waals surface area contributed by atoms with E-state index in [0.717, 1.165) is 4.47 Å². The van der Waals surface area contributed by atoms with Gasteiger partial charge >= 0.3 is 0 Å². The topological polar surface area (TPSA) is 55.1 Å². The van der Waals surface area contributed by atoms with Crippen LogP contribution in [0.15, 0.2) is 22.7 Å². The molecule has 3 N–H and O–H groups in total. The van der Waals surface area contributed by atoms with Crippen molar-refractivity contribution >= 4 is 27.5 Å². The van der Waals surface area contributed by atoms with Crippen molar-refractivity contribution in [3.8, 4) is 0 Å². The van der Waals surface area contributed by atoms with Crippen molar-refractivity contribution in [2.75, 3.05) is 5.73 Å². The van der Waals surface area contributed by atoms with E-state index in [1.54, 1.807) is 12.1 Å². The minimum Gasteiger partial charge on any atom is -0.398 e. The Morgan fingerprint density at radius 3 is 2.72 bits per heavy atom. The number of anilines is 1. The summed E-state index contributed by atoms with van der Waals surface area (Å²) >= 11 is 3.34. The SMILES string of the molecule is C[C@@H](NC(=O)c1ccc(Br)cc1N)C1CCCC1. The van der Waals surface area contributed by atoms with Gasteiger partial charge in [-0.15, -0.1) is 0 Å². The molecule has 1 aliphatic rings. The van der Waals surface area contributed by atoms with Crippen LogP contribution in [0.2, 0.25) is 0 Å². The number of rotatable bonds is 3. The molecule has 4 heteroatoms. The van der Waals surface area contributed by atoms with Crippen molar-refractivity contribution in [3.63, 3.8) is 0 Å². The molecule has 0 saturated heterocycles. The summed E-state index contributed by atoms with van der Waals surface area (Å²) in [5.41, 5.74) is 6.93. The van der Waals surface area contributed by atoms with Crippen molar-refractivity contribution in [2.24, 2.45) is 5.92 Å². The van der Waals surface area contributed by atoms with Gasteiger partial charge < -0.3 is 11.1 Å². The quantitative estimate of drug-likeness (QED) is 0.841. The number of halogens is 1. The molecule has 1 atom stereocenters. The molecule has 2 rings (SSSR count). The van der Waals surface area contributed by atoms with Gasteiger partial charge in [0, 0.05) is 16.2 Å². The molecule has 18 heavy (non-hydrogen) atoms. The van der Waals surface area contributed by atoms with Crippen molar-refractivity contribution in [1.29, 1.82) is 0 Å². The predicted octanol–water partition coefficient (Wildman–Crippen LogP) is 3.34. The predicted molar refractivity (Wildman–Crippen MR) is 77.4 cm³/mol. The molecular formula is C14H19BrN2O. The van der Waals surface area contributed by atoms with Gasteiger partial charge in [-0.2, -0.15) is 0 Å².